The molecule has 2 aliphatic heterocycles. The van der Waals surface area contributed by atoms with Crippen LogP contribution < -0.4 is 0 Å². The molecule has 2 rings (SSSR count). The van der Waals surface area contributed by atoms with Gasteiger partial charge in [0.25, 0.3) is 0 Å². The lowest BCUT2D eigenvalue weighted by Crippen LogP contribution is -2.64. The van der Waals surface area contributed by atoms with Crippen molar-refractivity contribution in [2.45, 2.75) is 25.6 Å². The SMILES string of the molecule is CCN1CC(C)OC2(COC2)C1. The molecule has 1 atom stereocenters. The summed E-state index contributed by atoms with van der Waals surface area (Å²) in [7, 11) is 0. The highest BCUT2D eigenvalue weighted by atomic mass is 16.6. The van der Waals surface area contributed by atoms with E-state index in [0.717, 1.165) is 32.8 Å². The Hall–Kier alpha value is -0.120. The molecule has 0 radical (unpaired) electrons. The average Bonchev–Trinajstić information content (AvgIpc) is 2.00. The van der Waals surface area contributed by atoms with Crippen LogP contribution in [0.5, 0.6) is 0 Å². The molecule has 2 heterocycles. The zero-order chi connectivity index (χ0) is 8.60. The lowest BCUT2D eigenvalue weighted by atomic mass is 9.98. The van der Waals surface area contributed by atoms with Crippen molar-refractivity contribution in [2.75, 3.05) is 32.8 Å². The van der Waals surface area contributed by atoms with Crippen LogP contribution in [0.15, 0.2) is 0 Å². The van der Waals surface area contributed by atoms with Crippen molar-refractivity contribution in [1.82, 2.24) is 4.90 Å². The molecule has 1 unspecified atom stereocenters. The van der Waals surface area contributed by atoms with Gasteiger partial charge in [0.05, 0.1) is 19.3 Å². The van der Waals surface area contributed by atoms with Crippen LogP contribution in [-0.2, 0) is 9.47 Å². The van der Waals surface area contributed by atoms with Crippen molar-refractivity contribution in [3.63, 3.8) is 0 Å². The molecule has 70 valence electrons. The fourth-order valence-corrected chi connectivity index (χ4v) is 2.07. The van der Waals surface area contributed by atoms with E-state index < -0.39 is 0 Å². The number of morpholine rings is 1. The van der Waals surface area contributed by atoms with E-state index in [1.54, 1.807) is 0 Å². The molecule has 3 heteroatoms. The third-order valence-corrected chi connectivity index (χ3v) is 2.66. The number of ether oxygens (including phenoxy) is 2. The van der Waals surface area contributed by atoms with Crippen molar-refractivity contribution in [3.8, 4) is 0 Å². The molecule has 12 heavy (non-hydrogen) atoms. The number of nitrogens with zero attached hydrogens (tertiary/aromatic N) is 1. The van der Waals surface area contributed by atoms with E-state index in [4.69, 9.17) is 9.47 Å². The predicted molar refractivity (Wildman–Crippen MR) is 46.2 cm³/mol. The van der Waals surface area contributed by atoms with Gasteiger partial charge < -0.3 is 9.47 Å². The maximum absolute atomic E-state index is 5.88. The Balaban J connectivity index is 1.98. The van der Waals surface area contributed by atoms with Crippen molar-refractivity contribution >= 4 is 0 Å². The molecule has 0 N–H and O–H groups in total. The normalized spacial score (nSPS) is 35.0. The molecule has 0 bridgehead atoms. The fraction of sp³-hybridized carbons (Fsp3) is 1.00. The summed E-state index contributed by atoms with van der Waals surface area (Å²) in [6.07, 6.45) is 0.364. The zero-order valence-electron chi connectivity index (χ0n) is 7.88. The number of likely N-dealkylation sites (N-methyl/N-ethyl adjacent to an activating group) is 1. The fourth-order valence-electron chi connectivity index (χ4n) is 2.07. The molecule has 2 saturated heterocycles. The Labute approximate surface area is 73.6 Å². The molecule has 0 aliphatic carbocycles. The predicted octanol–water partition coefficient (Wildman–Crippen LogP) is 0.496. The topological polar surface area (TPSA) is 21.7 Å². The van der Waals surface area contributed by atoms with E-state index in [1.165, 1.54) is 0 Å². The van der Waals surface area contributed by atoms with Gasteiger partial charge in [-0.05, 0) is 13.5 Å². The minimum absolute atomic E-state index is 0.0493. The van der Waals surface area contributed by atoms with E-state index >= 15 is 0 Å². The van der Waals surface area contributed by atoms with Gasteiger partial charge in [0.2, 0.25) is 0 Å². The largest absolute Gasteiger partial charge is 0.375 e. The Bertz CT molecular complexity index is 168. The second-order valence-electron chi connectivity index (χ2n) is 3.93. The van der Waals surface area contributed by atoms with E-state index in [9.17, 15) is 0 Å². The van der Waals surface area contributed by atoms with E-state index in [-0.39, 0.29) is 5.60 Å². The summed E-state index contributed by atoms with van der Waals surface area (Å²) in [5, 5.41) is 0. The highest BCUT2D eigenvalue weighted by Crippen LogP contribution is 2.28. The van der Waals surface area contributed by atoms with E-state index in [1.807, 2.05) is 0 Å². The van der Waals surface area contributed by atoms with Gasteiger partial charge in [0, 0.05) is 13.1 Å². The second kappa shape index (κ2) is 2.98. The van der Waals surface area contributed by atoms with Crippen LogP contribution >= 0.6 is 0 Å². The summed E-state index contributed by atoms with van der Waals surface area (Å²) in [4.78, 5) is 2.44. The lowest BCUT2D eigenvalue weighted by Gasteiger charge is -2.49. The van der Waals surface area contributed by atoms with E-state index in [2.05, 4.69) is 18.7 Å². The molecule has 0 aromatic rings. The Morgan fingerprint density at radius 2 is 2.25 bits per heavy atom. The third kappa shape index (κ3) is 1.37. The Morgan fingerprint density at radius 1 is 1.50 bits per heavy atom. The lowest BCUT2D eigenvalue weighted by molar-refractivity contribution is -0.258. The molecule has 0 aromatic heterocycles. The van der Waals surface area contributed by atoms with Crippen LogP contribution in [0.4, 0.5) is 0 Å². The highest BCUT2D eigenvalue weighted by Gasteiger charge is 2.45. The van der Waals surface area contributed by atoms with Crippen molar-refractivity contribution < 1.29 is 9.47 Å². The van der Waals surface area contributed by atoms with Gasteiger partial charge in [-0.3, -0.25) is 4.90 Å². The maximum Gasteiger partial charge on any atom is 0.128 e. The molecule has 3 nitrogen and oxygen atoms in total. The summed E-state index contributed by atoms with van der Waals surface area (Å²) in [6.45, 7) is 9.15. The zero-order valence-corrected chi connectivity index (χ0v) is 7.88. The Kier molecular flexibility index (Phi) is 2.10. The van der Waals surface area contributed by atoms with Crippen LogP contribution in [0, 0.1) is 0 Å². The first-order valence-corrected chi connectivity index (χ1v) is 4.72. The second-order valence-corrected chi connectivity index (χ2v) is 3.93. The van der Waals surface area contributed by atoms with E-state index in [0.29, 0.717) is 6.10 Å². The molecule has 0 amide bonds. The molecule has 1 spiro atoms. The minimum atomic E-state index is 0.0493. The summed E-state index contributed by atoms with van der Waals surface area (Å²) in [6, 6.07) is 0. The quantitative estimate of drug-likeness (QED) is 0.573. The summed E-state index contributed by atoms with van der Waals surface area (Å²) >= 11 is 0. The maximum atomic E-state index is 5.88. The standard InChI is InChI=1S/C9H17NO2/c1-3-10-4-8(2)12-9(5-10)6-11-7-9/h8H,3-7H2,1-2H3. The molecule has 0 saturated carbocycles. The molecule has 2 fully saturated rings. The van der Waals surface area contributed by atoms with Crippen LogP contribution in [0.25, 0.3) is 0 Å². The summed E-state index contributed by atoms with van der Waals surface area (Å²) in [5.41, 5.74) is 0.0493. The van der Waals surface area contributed by atoms with Gasteiger partial charge in [-0.1, -0.05) is 6.92 Å². The van der Waals surface area contributed by atoms with Crippen LogP contribution in [0.3, 0.4) is 0 Å². The van der Waals surface area contributed by atoms with Crippen LogP contribution in [-0.4, -0.2) is 49.5 Å². The number of hydrogen-bond acceptors (Lipinski definition) is 3. The number of hydrogen-bond donors (Lipinski definition) is 0. The smallest absolute Gasteiger partial charge is 0.128 e. The summed E-state index contributed by atoms with van der Waals surface area (Å²) < 4.78 is 11.1. The highest BCUT2D eigenvalue weighted by molar-refractivity contribution is 4.94. The first-order chi connectivity index (χ1) is 5.74. The van der Waals surface area contributed by atoms with Crippen molar-refractivity contribution in [1.29, 1.82) is 0 Å². The summed E-state index contributed by atoms with van der Waals surface area (Å²) in [5.74, 6) is 0. The van der Waals surface area contributed by atoms with Gasteiger partial charge in [-0.15, -0.1) is 0 Å². The van der Waals surface area contributed by atoms with Crippen LogP contribution in [0.2, 0.25) is 0 Å². The number of rotatable bonds is 1. The monoisotopic (exact) mass is 171 g/mol. The minimum Gasteiger partial charge on any atom is -0.375 e. The molecular formula is C9H17NO2. The molecule has 0 aromatic carbocycles. The first-order valence-electron chi connectivity index (χ1n) is 4.72. The third-order valence-electron chi connectivity index (χ3n) is 2.66. The van der Waals surface area contributed by atoms with Gasteiger partial charge in [-0.2, -0.15) is 0 Å². The van der Waals surface area contributed by atoms with Crippen molar-refractivity contribution in [3.05, 3.63) is 0 Å². The van der Waals surface area contributed by atoms with Gasteiger partial charge >= 0.3 is 0 Å². The van der Waals surface area contributed by atoms with Gasteiger partial charge in [-0.25, -0.2) is 0 Å². The average molecular weight is 171 g/mol. The van der Waals surface area contributed by atoms with Gasteiger partial charge in [0.1, 0.15) is 5.60 Å². The van der Waals surface area contributed by atoms with Crippen molar-refractivity contribution in [2.24, 2.45) is 0 Å². The first kappa shape index (κ1) is 8.48. The van der Waals surface area contributed by atoms with Crippen LogP contribution in [0.1, 0.15) is 13.8 Å². The Morgan fingerprint density at radius 3 is 2.75 bits per heavy atom. The molecular weight excluding hydrogens is 154 g/mol. The van der Waals surface area contributed by atoms with Gasteiger partial charge in [0.15, 0.2) is 0 Å². The molecule has 2 aliphatic rings.